The number of nitrogens with one attached hydrogen (secondary N) is 2. The highest BCUT2D eigenvalue weighted by Crippen LogP contribution is 2.25. The maximum Gasteiger partial charge on any atom is 0.191 e. The van der Waals surface area contributed by atoms with Gasteiger partial charge in [-0.05, 0) is 41.3 Å². The van der Waals surface area contributed by atoms with E-state index >= 15 is 0 Å². The number of aliphatic imine (C=N–C) groups is 1. The Morgan fingerprint density at radius 2 is 1.93 bits per heavy atom. The smallest absolute Gasteiger partial charge is 0.191 e. The Kier molecular flexibility index (Phi) is 7.80. The molecule has 4 rings (SSSR count). The van der Waals surface area contributed by atoms with Crippen LogP contribution in [-0.2, 0) is 19.4 Å². The molecular formula is C23H29IN4O. The Hall–Kier alpha value is -2.22. The number of anilines is 1. The van der Waals surface area contributed by atoms with E-state index in [2.05, 4.69) is 75.1 Å². The van der Waals surface area contributed by atoms with Crippen LogP contribution in [0.25, 0.3) is 0 Å². The van der Waals surface area contributed by atoms with Crippen molar-refractivity contribution in [2.75, 3.05) is 38.2 Å². The molecule has 2 heterocycles. The highest BCUT2D eigenvalue weighted by Gasteiger charge is 2.12. The standard InChI is InChI=1S/C23H28N4O.HI/c1-24-23(25-11-9-18-7-8-22-20(15-18)10-14-28-22)26-17-19-5-4-6-21(16-19)27-12-2-3-13-27;/h2-8,15-16H,9-14,17H2,1H3,(H2,24,25,26);1H. The Balaban J connectivity index is 0.00000240. The molecule has 0 aromatic heterocycles. The van der Waals surface area contributed by atoms with Gasteiger partial charge >= 0.3 is 0 Å². The summed E-state index contributed by atoms with van der Waals surface area (Å²) in [5.74, 6) is 1.87. The zero-order chi connectivity index (χ0) is 19.2. The van der Waals surface area contributed by atoms with Gasteiger partial charge in [-0.1, -0.05) is 36.4 Å². The molecule has 0 unspecified atom stereocenters. The molecule has 2 aliphatic rings. The van der Waals surface area contributed by atoms with Gasteiger partial charge in [0.05, 0.1) is 6.61 Å². The lowest BCUT2D eigenvalue weighted by molar-refractivity contribution is 0.357. The van der Waals surface area contributed by atoms with E-state index in [1.165, 1.54) is 22.4 Å². The van der Waals surface area contributed by atoms with Crippen molar-refractivity contribution in [2.45, 2.75) is 19.4 Å². The lowest BCUT2D eigenvalue weighted by atomic mass is 10.1. The van der Waals surface area contributed by atoms with E-state index in [0.717, 1.165) is 57.3 Å². The molecule has 6 heteroatoms. The van der Waals surface area contributed by atoms with E-state index in [4.69, 9.17) is 4.74 Å². The number of benzene rings is 2. The topological polar surface area (TPSA) is 48.9 Å². The molecule has 29 heavy (non-hydrogen) atoms. The molecule has 2 N–H and O–H groups in total. The molecule has 2 aliphatic heterocycles. The van der Waals surface area contributed by atoms with Crippen molar-refractivity contribution in [1.29, 1.82) is 0 Å². The predicted octanol–water partition coefficient (Wildman–Crippen LogP) is 3.52. The quantitative estimate of drug-likeness (QED) is 0.274. The molecule has 0 amide bonds. The number of hydrogen-bond donors (Lipinski definition) is 2. The number of fused-ring (bicyclic) bond motifs is 1. The fourth-order valence-electron chi connectivity index (χ4n) is 3.68. The first-order valence-electron chi connectivity index (χ1n) is 10.00. The van der Waals surface area contributed by atoms with Gasteiger partial charge in [-0.15, -0.1) is 24.0 Å². The van der Waals surface area contributed by atoms with Gasteiger partial charge in [0.1, 0.15) is 5.75 Å². The maximum absolute atomic E-state index is 5.58. The normalized spacial score (nSPS) is 14.9. The van der Waals surface area contributed by atoms with Crippen molar-refractivity contribution < 1.29 is 4.74 Å². The molecule has 2 aromatic rings. The van der Waals surface area contributed by atoms with Crippen molar-refractivity contribution >= 4 is 35.6 Å². The average molecular weight is 504 g/mol. The highest BCUT2D eigenvalue weighted by molar-refractivity contribution is 14.0. The minimum absolute atomic E-state index is 0. The van der Waals surface area contributed by atoms with E-state index in [-0.39, 0.29) is 24.0 Å². The zero-order valence-corrected chi connectivity index (χ0v) is 19.2. The van der Waals surface area contributed by atoms with Crippen LogP contribution in [0, 0.1) is 0 Å². The van der Waals surface area contributed by atoms with Gasteiger partial charge in [0.2, 0.25) is 0 Å². The molecule has 0 radical (unpaired) electrons. The first-order valence-corrected chi connectivity index (χ1v) is 10.00. The molecular weight excluding hydrogens is 475 g/mol. The zero-order valence-electron chi connectivity index (χ0n) is 16.9. The molecule has 154 valence electrons. The monoisotopic (exact) mass is 504 g/mol. The van der Waals surface area contributed by atoms with Gasteiger partial charge < -0.3 is 20.3 Å². The summed E-state index contributed by atoms with van der Waals surface area (Å²) in [6, 6.07) is 15.2. The predicted molar refractivity (Wildman–Crippen MR) is 131 cm³/mol. The van der Waals surface area contributed by atoms with Crippen LogP contribution in [-0.4, -0.2) is 39.2 Å². The molecule has 0 fully saturated rings. The fraction of sp³-hybridized carbons (Fsp3) is 0.348. The van der Waals surface area contributed by atoms with Crippen LogP contribution in [0.4, 0.5) is 5.69 Å². The summed E-state index contributed by atoms with van der Waals surface area (Å²) < 4.78 is 5.58. The minimum atomic E-state index is 0. The molecule has 2 aromatic carbocycles. The Morgan fingerprint density at radius 1 is 1.07 bits per heavy atom. The molecule has 0 atom stereocenters. The van der Waals surface area contributed by atoms with E-state index in [1.807, 2.05) is 7.05 Å². The van der Waals surface area contributed by atoms with Gasteiger partial charge in [0, 0.05) is 45.3 Å². The minimum Gasteiger partial charge on any atom is -0.493 e. The molecule has 0 saturated heterocycles. The van der Waals surface area contributed by atoms with Crippen LogP contribution in [0.1, 0.15) is 16.7 Å². The maximum atomic E-state index is 5.58. The second-order valence-corrected chi connectivity index (χ2v) is 7.19. The molecule has 0 saturated carbocycles. The summed E-state index contributed by atoms with van der Waals surface area (Å²) in [5.41, 5.74) is 5.19. The van der Waals surface area contributed by atoms with E-state index in [1.54, 1.807) is 0 Å². The van der Waals surface area contributed by atoms with Crippen molar-refractivity contribution in [2.24, 2.45) is 4.99 Å². The third-order valence-electron chi connectivity index (χ3n) is 5.24. The number of halogens is 1. The van der Waals surface area contributed by atoms with Crippen molar-refractivity contribution in [1.82, 2.24) is 10.6 Å². The summed E-state index contributed by atoms with van der Waals surface area (Å²) in [5, 5.41) is 6.83. The van der Waals surface area contributed by atoms with Crippen LogP contribution in [0.5, 0.6) is 5.75 Å². The molecule has 0 bridgehead atoms. The summed E-state index contributed by atoms with van der Waals surface area (Å²) >= 11 is 0. The lowest BCUT2D eigenvalue weighted by Gasteiger charge is -2.19. The lowest BCUT2D eigenvalue weighted by Crippen LogP contribution is -2.37. The second kappa shape index (κ2) is 10.5. The summed E-state index contributed by atoms with van der Waals surface area (Å²) in [7, 11) is 1.81. The number of hydrogen-bond acceptors (Lipinski definition) is 3. The molecule has 0 spiro atoms. The Bertz CT molecular complexity index is 873. The SMILES string of the molecule is CN=C(NCCc1ccc2c(c1)CCO2)NCc1cccc(N2CC=CC2)c1.I. The van der Waals surface area contributed by atoms with Crippen LogP contribution < -0.4 is 20.3 Å². The third-order valence-corrected chi connectivity index (χ3v) is 5.24. The van der Waals surface area contributed by atoms with Crippen LogP contribution >= 0.6 is 24.0 Å². The van der Waals surface area contributed by atoms with Crippen LogP contribution in [0.15, 0.2) is 59.6 Å². The van der Waals surface area contributed by atoms with Crippen LogP contribution in [0.3, 0.4) is 0 Å². The van der Waals surface area contributed by atoms with Crippen molar-refractivity contribution in [3.05, 3.63) is 71.3 Å². The third kappa shape index (κ3) is 5.65. The summed E-state index contributed by atoms with van der Waals surface area (Å²) in [4.78, 5) is 6.71. The van der Waals surface area contributed by atoms with Gasteiger partial charge in [-0.25, -0.2) is 0 Å². The van der Waals surface area contributed by atoms with Gasteiger partial charge in [-0.2, -0.15) is 0 Å². The second-order valence-electron chi connectivity index (χ2n) is 7.19. The van der Waals surface area contributed by atoms with Gasteiger partial charge in [0.15, 0.2) is 5.96 Å². The average Bonchev–Trinajstić information content (AvgIpc) is 3.42. The largest absolute Gasteiger partial charge is 0.493 e. The molecule has 5 nitrogen and oxygen atoms in total. The number of guanidine groups is 1. The first-order chi connectivity index (χ1) is 13.8. The molecule has 0 aliphatic carbocycles. The van der Waals surface area contributed by atoms with Gasteiger partial charge in [0.25, 0.3) is 0 Å². The fourth-order valence-corrected chi connectivity index (χ4v) is 3.68. The van der Waals surface area contributed by atoms with Crippen LogP contribution in [0.2, 0.25) is 0 Å². The highest BCUT2D eigenvalue weighted by atomic mass is 127. The summed E-state index contributed by atoms with van der Waals surface area (Å²) in [6.07, 6.45) is 6.41. The van der Waals surface area contributed by atoms with E-state index in [0.29, 0.717) is 0 Å². The number of rotatable bonds is 6. The number of nitrogens with zero attached hydrogens (tertiary/aromatic N) is 2. The van der Waals surface area contributed by atoms with Gasteiger partial charge in [-0.3, -0.25) is 4.99 Å². The van der Waals surface area contributed by atoms with Crippen molar-refractivity contribution in [3.63, 3.8) is 0 Å². The Morgan fingerprint density at radius 3 is 2.76 bits per heavy atom. The van der Waals surface area contributed by atoms with Crippen molar-refractivity contribution in [3.8, 4) is 5.75 Å². The number of ether oxygens (including phenoxy) is 1. The van der Waals surface area contributed by atoms with E-state index in [9.17, 15) is 0 Å². The van der Waals surface area contributed by atoms with E-state index < -0.39 is 0 Å². The Labute approximate surface area is 190 Å². The first kappa shape index (κ1) is 21.5. The summed E-state index contributed by atoms with van der Waals surface area (Å²) in [6.45, 7) is 4.40.